The fraction of sp³-hybridized carbons (Fsp3) is 0.556. The Morgan fingerprint density at radius 3 is 2.59 bits per heavy atom. The summed E-state index contributed by atoms with van der Waals surface area (Å²) in [6, 6.07) is 0.777. The zero-order valence-corrected chi connectivity index (χ0v) is 8.91. The van der Waals surface area contributed by atoms with Gasteiger partial charge in [-0.1, -0.05) is 0 Å². The van der Waals surface area contributed by atoms with E-state index >= 15 is 0 Å². The van der Waals surface area contributed by atoms with Gasteiger partial charge in [-0.3, -0.25) is 0 Å². The number of nitrogens with one attached hydrogen (secondary N) is 1. The smallest absolute Gasteiger partial charge is 0.433 e. The summed E-state index contributed by atoms with van der Waals surface area (Å²) in [6.45, 7) is 0.723. The Balaban J connectivity index is 2.24. The second-order valence-electron chi connectivity index (χ2n) is 3.44. The molecular formula is C9H10F3N3O2. The third-order valence-electron chi connectivity index (χ3n) is 2.11. The monoisotopic (exact) mass is 249 g/mol. The van der Waals surface area contributed by atoms with Crippen molar-refractivity contribution in [3.05, 3.63) is 11.8 Å². The van der Waals surface area contributed by atoms with Gasteiger partial charge < -0.3 is 14.8 Å². The average Bonchev–Trinajstić information content (AvgIpc) is 2.22. The maximum absolute atomic E-state index is 12.5. The van der Waals surface area contributed by atoms with Gasteiger partial charge in [0.25, 0.3) is 0 Å². The molecule has 2 rings (SSSR count). The molecule has 0 saturated carbocycles. The Bertz CT molecular complexity index is 407. The molecule has 1 N–H and O–H groups in total. The summed E-state index contributed by atoms with van der Waals surface area (Å²) in [6.07, 6.45) is -4.77. The Morgan fingerprint density at radius 1 is 1.41 bits per heavy atom. The molecule has 1 fully saturated rings. The number of nitrogens with zero attached hydrogens (tertiary/aromatic N) is 2. The number of hydrogen-bond donors (Lipinski definition) is 1. The molecule has 5 nitrogen and oxygen atoms in total. The van der Waals surface area contributed by atoms with Crippen LogP contribution in [0.4, 0.5) is 19.1 Å². The van der Waals surface area contributed by atoms with Crippen LogP contribution in [-0.4, -0.2) is 36.3 Å². The molecule has 1 aliphatic rings. The highest BCUT2D eigenvalue weighted by atomic mass is 19.4. The van der Waals surface area contributed by atoms with Gasteiger partial charge in [-0.15, -0.1) is 0 Å². The van der Waals surface area contributed by atoms with Crippen LogP contribution in [0.25, 0.3) is 0 Å². The second kappa shape index (κ2) is 4.36. The number of aromatic nitrogens is 2. The molecule has 0 radical (unpaired) electrons. The van der Waals surface area contributed by atoms with Crippen molar-refractivity contribution in [2.24, 2.45) is 0 Å². The molecule has 8 heteroatoms. The molecule has 1 aromatic rings. The van der Waals surface area contributed by atoms with E-state index in [1.807, 2.05) is 0 Å². The molecule has 0 bridgehead atoms. The molecule has 0 aromatic carbocycles. The summed E-state index contributed by atoms with van der Waals surface area (Å²) >= 11 is 0. The van der Waals surface area contributed by atoms with E-state index in [1.54, 1.807) is 0 Å². The molecule has 17 heavy (non-hydrogen) atoms. The van der Waals surface area contributed by atoms with Gasteiger partial charge in [0, 0.05) is 13.1 Å². The van der Waals surface area contributed by atoms with Crippen LogP contribution in [-0.2, 0) is 10.9 Å². The summed E-state index contributed by atoms with van der Waals surface area (Å²) in [5.41, 5.74) is -1.04. The minimum absolute atomic E-state index is 0.107. The summed E-state index contributed by atoms with van der Waals surface area (Å²) in [4.78, 5) is 7.10. The van der Waals surface area contributed by atoms with Crippen LogP contribution < -0.4 is 10.1 Å². The lowest BCUT2D eigenvalue weighted by Crippen LogP contribution is -2.38. The van der Waals surface area contributed by atoms with E-state index in [0.29, 0.717) is 13.2 Å². The standard InChI is InChI=1S/C9H10F3N3O2/c1-13-8-14-6(9(10,11)12)2-7(15-8)17-5-3-16-4-5/h2,5H,3-4H2,1H3,(H,13,14,15). The third kappa shape index (κ3) is 2.76. The molecular weight excluding hydrogens is 239 g/mol. The fourth-order valence-corrected chi connectivity index (χ4v) is 1.20. The number of rotatable bonds is 3. The van der Waals surface area contributed by atoms with Gasteiger partial charge in [0.05, 0.1) is 13.2 Å². The summed E-state index contributed by atoms with van der Waals surface area (Å²) in [7, 11) is 1.44. The Labute approximate surface area is 95.0 Å². The normalized spacial score (nSPS) is 16.5. The molecule has 0 atom stereocenters. The van der Waals surface area contributed by atoms with Gasteiger partial charge in [-0.2, -0.15) is 18.2 Å². The largest absolute Gasteiger partial charge is 0.469 e. The van der Waals surface area contributed by atoms with Crippen molar-refractivity contribution in [3.63, 3.8) is 0 Å². The van der Waals surface area contributed by atoms with Crippen LogP contribution in [0.15, 0.2) is 6.07 Å². The molecule has 2 heterocycles. The van der Waals surface area contributed by atoms with Gasteiger partial charge >= 0.3 is 6.18 Å². The lowest BCUT2D eigenvalue weighted by atomic mass is 10.3. The summed E-state index contributed by atoms with van der Waals surface area (Å²) in [5, 5.41) is 2.46. The van der Waals surface area contributed by atoms with E-state index < -0.39 is 11.9 Å². The summed E-state index contributed by atoms with van der Waals surface area (Å²) in [5.74, 6) is -0.236. The van der Waals surface area contributed by atoms with Crippen molar-refractivity contribution >= 4 is 5.95 Å². The predicted octanol–water partition coefficient (Wildman–Crippen LogP) is 1.31. The highest BCUT2D eigenvalue weighted by Gasteiger charge is 2.34. The zero-order valence-electron chi connectivity index (χ0n) is 8.91. The van der Waals surface area contributed by atoms with Gasteiger partial charge in [-0.25, -0.2) is 4.98 Å². The van der Waals surface area contributed by atoms with Crippen molar-refractivity contribution < 1.29 is 22.6 Å². The number of alkyl halides is 3. The van der Waals surface area contributed by atoms with Crippen LogP contribution >= 0.6 is 0 Å². The van der Waals surface area contributed by atoms with Crippen LogP contribution in [0.3, 0.4) is 0 Å². The first-order valence-corrected chi connectivity index (χ1v) is 4.87. The number of ether oxygens (including phenoxy) is 2. The molecule has 0 aliphatic carbocycles. The molecule has 1 aromatic heterocycles. The Kier molecular flexibility index (Phi) is 3.05. The highest BCUT2D eigenvalue weighted by molar-refractivity contribution is 5.31. The maximum atomic E-state index is 12.5. The van der Waals surface area contributed by atoms with Crippen molar-refractivity contribution in [2.45, 2.75) is 12.3 Å². The first kappa shape index (κ1) is 11.9. The van der Waals surface area contributed by atoms with E-state index in [-0.39, 0.29) is 17.9 Å². The molecule has 1 saturated heterocycles. The van der Waals surface area contributed by atoms with Crippen molar-refractivity contribution in [1.29, 1.82) is 0 Å². The lowest BCUT2D eigenvalue weighted by Gasteiger charge is -2.26. The minimum Gasteiger partial charge on any atom is -0.469 e. The van der Waals surface area contributed by atoms with Crippen LogP contribution in [0.1, 0.15) is 5.69 Å². The maximum Gasteiger partial charge on any atom is 0.433 e. The predicted molar refractivity (Wildman–Crippen MR) is 51.8 cm³/mol. The molecule has 0 amide bonds. The van der Waals surface area contributed by atoms with Crippen molar-refractivity contribution in [2.75, 3.05) is 25.6 Å². The minimum atomic E-state index is -4.53. The van der Waals surface area contributed by atoms with E-state index in [1.165, 1.54) is 7.05 Å². The molecule has 0 unspecified atom stereocenters. The highest BCUT2D eigenvalue weighted by Crippen LogP contribution is 2.30. The van der Waals surface area contributed by atoms with E-state index in [0.717, 1.165) is 6.07 Å². The quantitative estimate of drug-likeness (QED) is 0.875. The third-order valence-corrected chi connectivity index (χ3v) is 2.11. The lowest BCUT2D eigenvalue weighted by molar-refractivity contribution is -0.141. The van der Waals surface area contributed by atoms with Crippen molar-refractivity contribution in [3.8, 4) is 5.88 Å². The Hall–Kier alpha value is -1.57. The van der Waals surface area contributed by atoms with Gasteiger partial charge in [0.1, 0.15) is 6.10 Å². The number of halogens is 3. The van der Waals surface area contributed by atoms with Gasteiger partial charge in [-0.05, 0) is 0 Å². The van der Waals surface area contributed by atoms with Crippen molar-refractivity contribution in [1.82, 2.24) is 9.97 Å². The van der Waals surface area contributed by atoms with E-state index in [4.69, 9.17) is 9.47 Å². The summed E-state index contributed by atoms with van der Waals surface area (Å²) < 4.78 is 47.6. The number of hydrogen-bond acceptors (Lipinski definition) is 5. The zero-order chi connectivity index (χ0) is 12.5. The van der Waals surface area contributed by atoms with E-state index in [2.05, 4.69) is 15.3 Å². The van der Waals surface area contributed by atoms with Crippen LogP contribution in [0.2, 0.25) is 0 Å². The topological polar surface area (TPSA) is 56.3 Å². The second-order valence-corrected chi connectivity index (χ2v) is 3.44. The first-order chi connectivity index (χ1) is 7.99. The number of anilines is 1. The van der Waals surface area contributed by atoms with Gasteiger partial charge in [0.2, 0.25) is 11.8 Å². The Morgan fingerprint density at radius 2 is 2.12 bits per heavy atom. The molecule has 94 valence electrons. The molecule has 1 aliphatic heterocycles. The van der Waals surface area contributed by atoms with Crippen LogP contribution in [0, 0.1) is 0 Å². The average molecular weight is 249 g/mol. The SMILES string of the molecule is CNc1nc(OC2COC2)cc(C(F)(F)F)n1. The molecule has 0 spiro atoms. The van der Waals surface area contributed by atoms with E-state index in [9.17, 15) is 13.2 Å². The first-order valence-electron chi connectivity index (χ1n) is 4.87. The fourth-order valence-electron chi connectivity index (χ4n) is 1.20. The van der Waals surface area contributed by atoms with Crippen LogP contribution in [0.5, 0.6) is 5.88 Å². The van der Waals surface area contributed by atoms with Gasteiger partial charge in [0.15, 0.2) is 5.69 Å².